The molecule has 2 aromatic rings. The molecule has 106 valence electrons. The van der Waals surface area contributed by atoms with Gasteiger partial charge in [0, 0.05) is 10.2 Å². The lowest BCUT2D eigenvalue weighted by molar-refractivity contribution is 0.579. The maximum atomic E-state index is 12.3. The topological polar surface area (TPSA) is 59.1 Å². The third-order valence-electron chi connectivity index (χ3n) is 2.83. The van der Waals surface area contributed by atoms with Crippen molar-refractivity contribution in [2.24, 2.45) is 0 Å². The van der Waals surface area contributed by atoms with Crippen molar-refractivity contribution in [3.05, 3.63) is 57.8 Å². The quantitative estimate of drug-likeness (QED) is 0.917. The van der Waals surface area contributed by atoms with Crippen molar-refractivity contribution in [3.63, 3.8) is 0 Å². The van der Waals surface area contributed by atoms with E-state index < -0.39 is 10.0 Å². The molecule has 1 aromatic heterocycles. The molecule has 0 spiro atoms. The summed E-state index contributed by atoms with van der Waals surface area (Å²) >= 11 is 3.29. The SMILES string of the molecule is Cc1cccc(CNS(=O)(=O)c2cc(Br)ccc2C)n1. The Labute approximate surface area is 127 Å². The van der Waals surface area contributed by atoms with Gasteiger partial charge in [-0.1, -0.05) is 28.1 Å². The molecule has 0 saturated carbocycles. The van der Waals surface area contributed by atoms with Crippen LogP contribution in [-0.4, -0.2) is 13.4 Å². The lowest BCUT2D eigenvalue weighted by Gasteiger charge is -2.09. The normalized spacial score (nSPS) is 11.6. The zero-order valence-electron chi connectivity index (χ0n) is 11.2. The van der Waals surface area contributed by atoms with Crippen LogP contribution in [0.1, 0.15) is 17.0 Å². The van der Waals surface area contributed by atoms with Gasteiger partial charge in [-0.2, -0.15) is 0 Å². The van der Waals surface area contributed by atoms with Crippen LogP contribution in [-0.2, 0) is 16.6 Å². The fourth-order valence-electron chi connectivity index (χ4n) is 1.81. The molecule has 20 heavy (non-hydrogen) atoms. The van der Waals surface area contributed by atoms with Gasteiger partial charge in [-0.3, -0.25) is 4.98 Å². The first-order valence-corrected chi connectivity index (χ1v) is 8.34. The maximum Gasteiger partial charge on any atom is 0.241 e. The van der Waals surface area contributed by atoms with E-state index >= 15 is 0 Å². The van der Waals surface area contributed by atoms with E-state index in [1.54, 1.807) is 25.1 Å². The molecule has 0 bridgehead atoms. The molecule has 0 radical (unpaired) electrons. The first-order valence-electron chi connectivity index (χ1n) is 6.07. The third kappa shape index (κ3) is 3.65. The zero-order chi connectivity index (χ0) is 14.8. The Morgan fingerprint density at radius 2 is 1.95 bits per heavy atom. The molecule has 0 atom stereocenters. The lowest BCUT2D eigenvalue weighted by atomic mass is 10.2. The number of sulfonamides is 1. The highest BCUT2D eigenvalue weighted by Crippen LogP contribution is 2.20. The largest absolute Gasteiger partial charge is 0.257 e. The van der Waals surface area contributed by atoms with Gasteiger partial charge < -0.3 is 0 Å². The highest BCUT2D eigenvalue weighted by molar-refractivity contribution is 9.10. The monoisotopic (exact) mass is 354 g/mol. The van der Waals surface area contributed by atoms with Gasteiger partial charge in [-0.25, -0.2) is 13.1 Å². The van der Waals surface area contributed by atoms with Crippen molar-refractivity contribution >= 4 is 26.0 Å². The van der Waals surface area contributed by atoms with Crippen molar-refractivity contribution in [2.75, 3.05) is 0 Å². The minimum Gasteiger partial charge on any atom is -0.257 e. The molecule has 0 aliphatic rings. The number of nitrogens with one attached hydrogen (secondary N) is 1. The van der Waals surface area contributed by atoms with E-state index in [0.717, 1.165) is 10.2 Å². The van der Waals surface area contributed by atoms with Crippen molar-refractivity contribution < 1.29 is 8.42 Å². The molecular formula is C14H15BrN2O2S. The van der Waals surface area contributed by atoms with E-state index in [-0.39, 0.29) is 11.4 Å². The Bertz CT molecular complexity index is 730. The molecule has 0 saturated heterocycles. The number of nitrogens with zero attached hydrogens (tertiary/aromatic N) is 1. The van der Waals surface area contributed by atoms with E-state index in [0.29, 0.717) is 11.3 Å². The van der Waals surface area contributed by atoms with Crippen molar-refractivity contribution in [1.82, 2.24) is 9.71 Å². The molecule has 1 N–H and O–H groups in total. The van der Waals surface area contributed by atoms with Gasteiger partial charge in [0.2, 0.25) is 10.0 Å². The molecule has 1 aromatic carbocycles. The van der Waals surface area contributed by atoms with Gasteiger partial charge in [-0.15, -0.1) is 0 Å². The molecule has 0 amide bonds. The second-order valence-corrected chi connectivity index (χ2v) is 7.16. The maximum absolute atomic E-state index is 12.3. The number of halogens is 1. The Kier molecular flexibility index (Phi) is 4.57. The molecule has 0 unspecified atom stereocenters. The van der Waals surface area contributed by atoms with Crippen LogP contribution >= 0.6 is 15.9 Å². The number of hydrogen-bond acceptors (Lipinski definition) is 3. The summed E-state index contributed by atoms with van der Waals surface area (Å²) in [6.07, 6.45) is 0. The van der Waals surface area contributed by atoms with Crippen LogP contribution in [0.25, 0.3) is 0 Å². The summed E-state index contributed by atoms with van der Waals surface area (Å²) in [6.45, 7) is 3.82. The van der Waals surface area contributed by atoms with Crippen LogP contribution in [0.3, 0.4) is 0 Å². The molecule has 1 heterocycles. The number of rotatable bonds is 4. The summed E-state index contributed by atoms with van der Waals surface area (Å²) in [7, 11) is -3.54. The summed E-state index contributed by atoms with van der Waals surface area (Å²) in [5.41, 5.74) is 2.26. The minimum absolute atomic E-state index is 0.177. The van der Waals surface area contributed by atoms with Crippen molar-refractivity contribution in [1.29, 1.82) is 0 Å². The van der Waals surface area contributed by atoms with E-state index in [1.165, 1.54) is 0 Å². The van der Waals surface area contributed by atoms with Gasteiger partial charge in [0.15, 0.2) is 0 Å². The second kappa shape index (κ2) is 6.03. The molecule has 0 fully saturated rings. The van der Waals surface area contributed by atoms with E-state index in [2.05, 4.69) is 25.6 Å². The van der Waals surface area contributed by atoms with Gasteiger partial charge >= 0.3 is 0 Å². The Morgan fingerprint density at radius 3 is 2.65 bits per heavy atom. The highest BCUT2D eigenvalue weighted by Gasteiger charge is 2.17. The highest BCUT2D eigenvalue weighted by atomic mass is 79.9. The van der Waals surface area contributed by atoms with Gasteiger partial charge in [0.05, 0.1) is 17.1 Å². The van der Waals surface area contributed by atoms with Crippen LogP contribution in [0, 0.1) is 13.8 Å². The Hall–Kier alpha value is -1.24. The van der Waals surface area contributed by atoms with Gasteiger partial charge in [0.25, 0.3) is 0 Å². The summed E-state index contributed by atoms with van der Waals surface area (Å²) in [5, 5.41) is 0. The molecule has 2 rings (SSSR count). The van der Waals surface area contributed by atoms with Crippen LogP contribution in [0.5, 0.6) is 0 Å². The standard InChI is InChI=1S/C14H15BrN2O2S/c1-10-6-7-12(15)8-14(10)20(18,19)16-9-13-5-3-4-11(2)17-13/h3-8,16H,9H2,1-2H3. The molecule has 4 nitrogen and oxygen atoms in total. The van der Waals surface area contributed by atoms with Crippen LogP contribution in [0.2, 0.25) is 0 Å². The van der Waals surface area contributed by atoms with Crippen LogP contribution in [0.4, 0.5) is 0 Å². The lowest BCUT2D eigenvalue weighted by Crippen LogP contribution is -2.24. The Morgan fingerprint density at radius 1 is 1.20 bits per heavy atom. The summed E-state index contributed by atoms with van der Waals surface area (Å²) in [6, 6.07) is 10.7. The number of aryl methyl sites for hydroxylation is 2. The number of hydrogen-bond donors (Lipinski definition) is 1. The summed E-state index contributed by atoms with van der Waals surface area (Å²) in [4.78, 5) is 4.55. The molecule has 0 aliphatic heterocycles. The fourth-order valence-corrected chi connectivity index (χ4v) is 3.59. The number of aromatic nitrogens is 1. The molecular weight excluding hydrogens is 340 g/mol. The van der Waals surface area contributed by atoms with Gasteiger partial charge in [0.1, 0.15) is 0 Å². The first kappa shape index (κ1) is 15.2. The van der Waals surface area contributed by atoms with Gasteiger partial charge in [-0.05, 0) is 43.7 Å². The number of pyridine rings is 1. The van der Waals surface area contributed by atoms with Crippen molar-refractivity contribution in [2.45, 2.75) is 25.3 Å². The van der Waals surface area contributed by atoms with E-state index in [4.69, 9.17) is 0 Å². The van der Waals surface area contributed by atoms with Crippen LogP contribution < -0.4 is 4.72 Å². The smallest absolute Gasteiger partial charge is 0.241 e. The van der Waals surface area contributed by atoms with Crippen LogP contribution in [0.15, 0.2) is 45.8 Å². The molecule has 6 heteroatoms. The Balaban J connectivity index is 2.21. The van der Waals surface area contributed by atoms with E-state index in [1.807, 2.05) is 25.1 Å². The average molecular weight is 355 g/mol. The second-order valence-electron chi connectivity index (χ2n) is 4.50. The summed E-state index contributed by atoms with van der Waals surface area (Å²) in [5.74, 6) is 0. The fraction of sp³-hybridized carbons (Fsp3) is 0.214. The summed E-state index contributed by atoms with van der Waals surface area (Å²) < 4.78 is 27.9. The van der Waals surface area contributed by atoms with E-state index in [9.17, 15) is 8.42 Å². The minimum atomic E-state index is -3.54. The predicted molar refractivity (Wildman–Crippen MR) is 81.9 cm³/mol. The zero-order valence-corrected chi connectivity index (χ0v) is 13.6. The van der Waals surface area contributed by atoms with Crippen molar-refractivity contribution in [3.8, 4) is 0 Å². The predicted octanol–water partition coefficient (Wildman–Crippen LogP) is 2.94. The molecule has 0 aliphatic carbocycles. The first-order chi connectivity index (χ1) is 9.38. The average Bonchev–Trinajstić information content (AvgIpc) is 2.39. The third-order valence-corrected chi connectivity index (χ3v) is 4.87. The number of benzene rings is 1.